The van der Waals surface area contributed by atoms with Gasteiger partial charge in [0.15, 0.2) is 11.5 Å². The highest BCUT2D eigenvalue weighted by Crippen LogP contribution is 2.32. The van der Waals surface area contributed by atoms with E-state index in [0.29, 0.717) is 12.4 Å². The molecule has 0 spiro atoms. The van der Waals surface area contributed by atoms with Gasteiger partial charge in [0.05, 0.1) is 0 Å². The summed E-state index contributed by atoms with van der Waals surface area (Å²) < 4.78 is 10.8. The highest BCUT2D eigenvalue weighted by molar-refractivity contribution is 5.95. The lowest BCUT2D eigenvalue weighted by Gasteiger charge is -2.35. The van der Waals surface area contributed by atoms with Crippen molar-refractivity contribution in [2.45, 2.75) is 20.4 Å². The molecule has 0 radical (unpaired) electrons. The van der Waals surface area contributed by atoms with Gasteiger partial charge in [-0.3, -0.25) is 9.69 Å². The molecule has 154 valence electrons. The van der Waals surface area contributed by atoms with E-state index in [2.05, 4.69) is 34.7 Å². The van der Waals surface area contributed by atoms with Crippen molar-refractivity contribution in [3.05, 3.63) is 47.7 Å². The van der Waals surface area contributed by atoms with E-state index >= 15 is 0 Å². The molecule has 1 saturated heterocycles. The summed E-state index contributed by atoms with van der Waals surface area (Å²) in [6, 6.07) is 9.82. The molecular formula is C22H28N4O3. The van der Waals surface area contributed by atoms with Gasteiger partial charge >= 0.3 is 0 Å². The van der Waals surface area contributed by atoms with Crippen LogP contribution in [0.15, 0.2) is 36.5 Å². The molecule has 0 unspecified atom stereocenters. The Morgan fingerprint density at radius 2 is 1.79 bits per heavy atom. The fourth-order valence-corrected chi connectivity index (χ4v) is 3.86. The molecule has 2 aromatic rings. The minimum Gasteiger partial charge on any atom is -0.454 e. The van der Waals surface area contributed by atoms with Crippen molar-refractivity contribution in [2.75, 3.05) is 51.0 Å². The predicted molar refractivity (Wildman–Crippen MR) is 112 cm³/mol. The van der Waals surface area contributed by atoms with E-state index in [-0.39, 0.29) is 5.91 Å². The van der Waals surface area contributed by atoms with E-state index in [1.54, 1.807) is 6.20 Å². The largest absolute Gasteiger partial charge is 0.454 e. The molecular weight excluding hydrogens is 368 g/mol. The van der Waals surface area contributed by atoms with Crippen LogP contribution in [0, 0.1) is 0 Å². The summed E-state index contributed by atoms with van der Waals surface area (Å²) in [5.41, 5.74) is 1.91. The molecule has 7 nitrogen and oxygen atoms in total. The van der Waals surface area contributed by atoms with Crippen molar-refractivity contribution in [1.82, 2.24) is 14.8 Å². The highest BCUT2D eigenvalue weighted by atomic mass is 16.7. The van der Waals surface area contributed by atoms with E-state index in [1.807, 2.05) is 29.2 Å². The van der Waals surface area contributed by atoms with Crippen LogP contribution in [-0.2, 0) is 6.54 Å². The lowest BCUT2D eigenvalue weighted by Crippen LogP contribution is -2.48. The standard InChI is InChI=1S/C22H28N4O3/c1-3-25(4-2)21-14-18(7-8-23-21)22(27)26-11-9-24(10-12-26)15-17-5-6-19-20(13-17)29-16-28-19/h5-8,13-14H,3-4,9-12,15-16H2,1-2H3. The minimum absolute atomic E-state index is 0.0866. The van der Waals surface area contributed by atoms with Crippen LogP contribution in [0.5, 0.6) is 11.5 Å². The van der Waals surface area contributed by atoms with E-state index in [4.69, 9.17) is 9.47 Å². The normalized spacial score (nSPS) is 16.1. The maximum Gasteiger partial charge on any atom is 0.254 e. The highest BCUT2D eigenvalue weighted by Gasteiger charge is 2.23. The van der Waals surface area contributed by atoms with Crippen molar-refractivity contribution >= 4 is 11.7 Å². The number of benzene rings is 1. The number of carbonyl (C=O) groups excluding carboxylic acids is 1. The van der Waals surface area contributed by atoms with Crippen LogP contribution in [0.3, 0.4) is 0 Å². The van der Waals surface area contributed by atoms with Gasteiger partial charge in [0.25, 0.3) is 5.91 Å². The summed E-state index contributed by atoms with van der Waals surface area (Å²) >= 11 is 0. The molecule has 3 heterocycles. The number of fused-ring (bicyclic) bond motifs is 1. The third-order valence-corrected chi connectivity index (χ3v) is 5.58. The number of rotatable bonds is 6. The molecule has 1 aromatic carbocycles. The number of nitrogens with zero attached hydrogens (tertiary/aromatic N) is 4. The number of carbonyl (C=O) groups is 1. The summed E-state index contributed by atoms with van der Waals surface area (Å²) in [6.07, 6.45) is 1.73. The monoisotopic (exact) mass is 396 g/mol. The Bertz CT molecular complexity index is 861. The first kappa shape index (κ1) is 19.5. The second kappa shape index (κ2) is 8.69. The molecule has 0 atom stereocenters. The van der Waals surface area contributed by atoms with Crippen molar-refractivity contribution in [1.29, 1.82) is 0 Å². The quantitative estimate of drug-likeness (QED) is 0.748. The third-order valence-electron chi connectivity index (χ3n) is 5.58. The van der Waals surface area contributed by atoms with Gasteiger partial charge in [-0.2, -0.15) is 0 Å². The molecule has 1 fully saturated rings. The first-order valence-corrected chi connectivity index (χ1v) is 10.3. The molecule has 1 aromatic heterocycles. The zero-order valence-corrected chi connectivity index (χ0v) is 17.1. The van der Waals surface area contributed by atoms with Gasteiger partial charge in [-0.05, 0) is 43.7 Å². The molecule has 0 saturated carbocycles. The number of amides is 1. The first-order chi connectivity index (χ1) is 14.2. The molecule has 0 N–H and O–H groups in total. The number of ether oxygens (including phenoxy) is 2. The fourth-order valence-electron chi connectivity index (χ4n) is 3.86. The second-order valence-corrected chi connectivity index (χ2v) is 7.33. The Labute approximate surface area is 171 Å². The van der Waals surface area contributed by atoms with E-state index in [1.165, 1.54) is 5.56 Å². The molecule has 7 heteroatoms. The number of hydrogen-bond donors (Lipinski definition) is 0. The van der Waals surface area contributed by atoms with Crippen LogP contribution < -0.4 is 14.4 Å². The van der Waals surface area contributed by atoms with Crippen molar-refractivity contribution < 1.29 is 14.3 Å². The maximum atomic E-state index is 13.0. The topological polar surface area (TPSA) is 58.1 Å². The lowest BCUT2D eigenvalue weighted by molar-refractivity contribution is 0.0628. The lowest BCUT2D eigenvalue weighted by atomic mass is 10.1. The van der Waals surface area contributed by atoms with E-state index < -0.39 is 0 Å². The van der Waals surface area contributed by atoms with Crippen LogP contribution in [-0.4, -0.2) is 66.8 Å². The molecule has 2 aliphatic heterocycles. The Morgan fingerprint density at radius 3 is 2.55 bits per heavy atom. The number of pyridine rings is 1. The average Bonchev–Trinajstić information content (AvgIpc) is 3.23. The number of aromatic nitrogens is 1. The number of hydrogen-bond acceptors (Lipinski definition) is 6. The molecule has 29 heavy (non-hydrogen) atoms. The molecule has 2 aliphatic rings. The summed E-state index contributed by atoms with van der Waals surface area (Å²) in [5, 5.41) is 0. The molecule has 0 bridgehead atoms. The van der Waals surface area contributed by atoms with Gasteiger partial charge in [-0.15, -0.1) is 0 Å². The summed E-state index contributed by atoms with van der Waals surface area (Å²) in [6.45, 7) is 10.3. The Balaban J connectivity index is 1.34. The summed E-state index contributed by atoms with van der Waals surface area (Å²) in [4.78, 5) is 23.9. The van der Waals surface area contributed by atoms with Crippen LogP contribution in [0.2, 0.25) is 0 Å². The predicted octanol–water partition coefficient (Wildman–Crippen LogP) is 2.61. The van der Waals surface area contributed by atoms with Gasteiger partial charge in [0, 0.05) is 57.6 Å². The molecule has 4 rings (SSSR count). The van der Waals surface area contributed by atoms with Gasteiger partial charge < -0.3 is 19.3 Å². The fraction of sp³-hybridized carbons (Fsp3) is 0.455. The Morgan fingerprint density at radius 1 is 1.03 bits per heavy atom. The summed E-state index contributed by atoms with van der Waals surface area (Å²) in [5.74, 6) is 2.58. The number of anilines is 1. The Hall–Kier alpha value is -2.80. The average molecular weight is 396 g/mol. The van der Waals surface area contributed by atoms with Crippen molar-refractivity contribution in [2.24, 2.45) is 0 Å². The van der Waals surface area contributed by atoms with Gasteiger partial charge in [-0.25, -0.2) is 4.98 Å². The van der Waals surface area contributed by atoms with Gasteiger partial charge in [0.2, 0.25) is 6.79 Å². The van der Waals surface area contributed by atoms with Crippen LogP contribution in [0.4, 0.5) is 5.82 Å². The van der Waals surface area contributed by atoms with Gasteiger partial charge in [0.1, 0.15) is 5.82 Å². The van der Waals surface area contributed by atoms with E-state index in [0.717, 1.165) is 63.1 Å². The Kier molecular flexibility index (Phi) is 5.85. The van der Waals surface area contributed by atoms with Crippen molar-refractivity contribution in [3.63, 3.8) is 0 Å². The van der Waals surface area contributed by atoms with Crippen LogP contribution in [0.1, 0.15) is 29.8 Å². The molecule has 1 amide bonds. The smallest absolute Gasteiger partial charge is 0.254 e. The summed E-state index contributed by atoms with van der Waals surface area (Å²) in [7, 11) is 0. The second-order valence-electron chi connectivity index (χ2n) is 7.33. The zero-order valence-electron chi connectivity index (χ0n) is 17.1. The number of piperazine rings is 1. The maximum absolute atomic E-state index is 13.0. The van der Waals surface area contributed by atoms with Crippen LogP contribution >= 0.6 is 0 Å². The SMILES string of the molecule is CCN(CC)c1cc(C(=O)N2CCN(Cc3ccc4c(c3)OCO4)CC2)ccn1. The molecule has 0 aliphatic carbocycles. The van der Waals surface area contributed by atoms with Crippen molar-refractivity contribution in [3.8, 4) is 11.5 Å². The third kappa shape index (κ3) is 4.29. The minimum atomic E-state index is 0.0866. The van der Waals surface area contributed by atoms with E-state index in [9.17, 15) is 4.79 Å². The van der Waals surface area contributed by atoms with Gasteiger partial charge in [-0.1, -0.05) is 6.07 Å². The van der Waals surface area contributed by atoms with Crippen LogP contribution in [0.25, 0.3) is 0 Å². The zero-order chi connectivity index (χ0) is 20.2. The first-order valence-electron chi connectivity index (χ1n) is 10.3.